The van der Waals surface area contributed by atoms with Crippen LogP contribution in [0.4, 0.5) is 0 Å². The third-order valence-electron chi connectivity index (χ3n) is 6.00. The fourth-order valence-electron chi connectivity index (χ4n) is 4.41. The van der Waals surface area contributed by atoms with Crippen molar-refractivity contribution in [3.8, 4) is 11.5 Å². The van der Waals surface area contributed by atoms with Crippen molar-refractivity contribution in [1.29, 1.82) is 0 Å². The molecule has 0 radical (unpaired) electrons. The highest BCUT2D eigenvalue weighted by Crippen LogP contribution is 2.38. The van der Waals surface area contributed by atoms with Crippen LogP contribution in [0.2, 0.25) is 0 Å². The molecule has 6 rings (SSSR count). The Balaban J connectivity index is 1.31. The van der Waals surface area contributed by atoms with Crippen LogP contribution >= 0.6 is 0 Å². The van der Waals surface area contributed by atoms with Crippen LogP contribution in [0.1, 0.15) is 32.0 Å². The molecule has 0 aliphatic carbocycles. The number of hydrogen-bond donors (Lipinski definition) is 0. The second-order valence-corrected chi connectivity index (χ2v) is 8.30. The topological polar surface area (TPSA) is 70.7 Å². The van der Waals surface area contributed by atoms with Crippen molar-refractivity contribution in [3.05, 3.63) is 101 Å². The van der Waals surface area contributed by atoms with Gasteiger partial charge in [0.25, 0.3) is 0 Å². The molecule has 34 heavy (non-hydrogen) atoms. The van der Waals surface area contributed by atoms with Gasteiger partial charge in [-0.05, 0) is 42.8 Å². The molecule has 166 valence electrons. The minimum Gasteiger partial charge on any atom is -0.452 e. The lowest BCUT2D eigenvalue weighted by atomic mass is 10.0. The minimum absolute atomic E-state index is 0.105. The van der Waals surface area contributed by atoms with Crippen molar-refractivity contribution in [1.82, 2.24) is 4.57 Å². The highest BCUT2D eigenvalue weighted by Gasteiger charge is 2.31. The van der Waals surface area contributed by atoms with Crippen molar-refractivity contribution >= 4 is 39.7 Å². The summed E-state index contributed by atoms with van der Waals surface area (Å²) in [6.07, 6.45) is 3.72. The van der Waals surface area contributed by atoms with E-state index in [0.717, 1.165) is 21.9 Å². The zero-order chi connectivity index (χ0) is 23.4. The number of fused-ring (bicyclic) bond motifs is 3. The minimum atomic E-state index is -0.619. The van der Waals surface area contributed by atoms with Crippen LogP contribution in [-0.4, -0.2) is 16.3 Å². The normalized spacial score (nSPS) is 14.1. The first-order valence-electron chi connectivity index (χ1n) is 10.8. The van der Waals surface area contributed by atoms with Crippen LogP contribution in [0, 0.1) is 6.92 Å². The van der Waals surface area contributed by atoms with Gasteiger partial charge in [-0.1, -0.05) is 36.4 Å². The predicted molar refractivity (Wildman–Crippen MR) is 128 cm³/mol. The summed E-state index contributed by atoms with van der Waals surface area (Å²) < 4.78 is 19.1. The van der Waals surface area contributed by atoms with Gasteiger partial charge < -0.3 is 18.5 Å². The number of ketones is 1. The van der Waals surface area contributed by atoms with E-state index in [1.165, 1.54) is 0 Å². The molecule has 0 saturated heterocycles. The number of carbonyl (C=O) groups excluding carboxylic acids is 2. The average molecular weight is 449 g/mol. The Morgan fingerprint density at radius 3 is 2.68 bits per heavy atom. The number of carbonyl (C=O) groups is 2. The standard InChI is InChI=1S/C28H19NO5/c1-16-11-19(32-28(31)25-12-17-7-3-6-10-22(17)33-25)14-23-26(16)27(30)24(34-23)13-18-15-29(2)21-9-5-4-8-20(18)21/h3-15H,1-2H3/b24-13-. The number of furan rings is 1. The van der Waals surface area contributed by atoms with Gasteiger partial charge in [0.15, 0.2) is 5.76 Å². The Bertz CT molecular complexity index is 1630. The number of esters is 1. The van der Waals surface area contributed by atoms with Crippen molar-refractivity contribution in [2.24, 2.45) is 7.05 Å². The summed E-state index contributed by atoms with van der Waals surface area (Å²) in [7, 11) is 1.96. The summed E-state index contributed by atoms with van der Waals surface area (Å²) in [4.78, 5) is 25.8. The number of aryl methyl sites for hydroxylation is 2. The van der Waals surface area contributed by atoms with Gasteiger partial charge in [0, 0.05) is 41.2 Å². The van der Waals surface area contributed by atoms with Crippen molar-refractivity contribution in [2.45, 2.75) is 6.92 Å². The van der Waals surface area contributed by atoms with E-state index in [1.54, 1.807) is 37.3 Å². The molecule has 5 aromatic rings. The fourth-order valence-corrected chi connectivity index (χ4v) is 4.41. The number of para-hydroxylation sites is 2. The molecule has 6 heteroatoms. The first-order chi connectivity index (χ1) is 16.5. The summed E-state index contributed by atoms with van der Waals surface area (Å²) in [5.74, 6) is 0.162. The molecule has 0 N–H and O–H groups in total. The Morgan fingerprint density at radius 2 is 1.82 bits per heavy atom. The third kappa shape index (κ3) is 3.19. The number of nitrogens with zero attached hydrogens (tertiary/aromatic N) is 1. The van der Waals surface area contributed by atoms with Gasteiger partial charge in [-0.25, -0.2) is 4.79 Å². The summed E-state index contributed by atoms with van der Waals surface area (Å²) in [5, 5.41) is 1.85. The lowest BCUT2D eigenvalue weighted by molar-refractivity contribution is 0.0703. The predicted octanol–water partition coefficient (Wildman–Crippen LogP) is 6.07. The van der Waals surface area contributed by atoms with Crippen LogP contribution < -0.4 is 9.47 Å². The van der Waals surface area contributed by atoms with E-state index in [9.17, 15) is 9.59 Å². The monoisotopic (exact) mass is 449 g/mol. The first kappa shape index (κ1) is 20.1. The number of allylic oxidation sites excluding steroid dienone is 1. The summed E-state index contributed by atoms with van der Waals surface area (Å²) >= 11 is 0. The second-order valence-electron chi connectivity index (χ2n) is 8.30. The zero-order valence-electron chi connectivity index (χ0n) is 18.5. The maximum absolute atomic E-state index is 13.1. The summed E-state index contributed by atoms with van der Waals surface area (Å²) in [5.41, 5.74) is 3.69. The fraction of sp³-hybridized carbons (Fsp3) is 0.0714. The van der Waals surface area contributed by atoms with Crippen molar-refractivity contribution in [3.63, 3.8) is 0 Å². The molecule has 6 nitrogen and oxygen atoms in total. The highest BCUT2D eigenvalue weighted by atomic mass is 16.5. The lowest BCUT2D eigenvalue weighted by Crippen LogP contribution is -2.07. The molecule has 3 aromatic carbocycles. The maximum Gasteiger partial charge on any atom is 0.379 e. The SMILES string of the molecule is Cc1cc(OC(=O)c2cc3ccccc3o2)cc2c1C(=O)/C(=C/c1cn(C)c3ccccc13)O2. The average Bonchev–Trinajstić information content (AvgIpc) is 3.49. The molecule has 0 unspecified atom stereocenters. The van der Waals surface area contributed by atoms with Gasteiger partial charge in [0.05, 0.1) is 5.56 Å². The molecule has 1 aliphatic heterocycles. The Hall–Kier alpha value is -4.58. The molecule has 0 atom stereocenters. The number of benzene rings is 3. The maximum atomic E-state index is 13.1. The molecular weight excluding hydrogens is 430 g/mol. The molecular formula is C28H19NO5. The number of rotatable bonds is 3. The van der Waals surface area contributed by atoms with Crippen LogP contribution in [0.15, 0.2) is 83.1 Å². The lowest BCUT2D eigenvalue weighted by Gasteiger charge is -2.06. The summed E-state index contributed by atoms with van der Waals surface area (Å²) in [6.45, 7) is 1.79. The highest BCUT2D eigenvalue weighted by molar-refractivity contribution is 6.16. The van der Waals surface area contributed by atoms with Gasteiger partial charge in [0.1, 0.15) is 17.1 Å². The number of Topliss-reactive ketones (excluding diaryl/α,β-unsaturated/α-hetero) is 1. The molecule has 0 fully saturated rings. The van der Waals surface area contributed by atoms with Crippen LogP contribution in [0.25, 0.3) is 27.9 Å². The molecule has 0 amide bonds. The number of aromatic nitrogens is 1. The van der Waals surface area contributed by atoms with E-state index in [0.29, 0.717) is 22.5 Å². The molecule has 1 aliphatic rings. The molecule has 3 heterocycles. The van der Waals surface area contributed by atoms with Crippen molar-refractivity contribution in [2.75, 3.05) is 0 Å². The molecule has 2 aromatic heterocycles. The Kier molecular flexibility index (Phi) is 4.42. The Morgan fingerprint density at radius 1 is 1.03 bits per heavy atom. The number of ether oxygens (including phenoxy) is 2. The molecule has 0 saturated carbocycles. The van der Waals surface area contributed by atoms with Gasteiger partial charge >= 0.3 is 5.97 Å². The van der Waals surface area contributed by atoms with Gasteiger partial charge in [-0.3, -0.25) is 4.79 Å². The van der Waals surface area contributed by atoms with E-state index in [-0.39, 0.29) is 23.1 Å². The van der Waals surface area contributed by atoms with E-state index < -0.39 is 5.97 Å². The smallest absolute Gasteiger partial charge is 0.379 e. The third-order valence-corrected chi connectivity index (χ3v) is 6.00. The van der Waals surface area contributed by atoms with Gasteiger partial charge in [-0.2, -0.15) is 0 Å². The quantitative estimate of drug-likeness (QED) is 0.190. The van der Waals surface area contributed by atoms with Gasteiger partial charge in [-0.15, -0.1) is 0 Å². The van der Waals surface area contributed by atoms with Crippen LogP contribution in [0.5, 0.6) is 11.5 Å². The van der Waals surface area contributed by atoms with Gasteiger partial charge in [0.2, 0.25) is 11.5 Å². The molecule has 0 bridgehead atoms. The van der Waals surface area contributed by atoms with E-state index in [2.05, 4.69) is 0 Å². The van der Waals surface area contributed by atoms with E-state index in [4.69, 9.17) is 13.9 Å². The van der Waals surface area contributed by atoms with E-state index in [1.807, 2.05) is 60.3 Å². The molecule has 0 spiro atoms. The number of hydrogen-bond acceptors (Lipinski definition) is 5. The summed E-state index contributed by atoms with van der Waals surface area (Å²) in [6, 6.07) is 20.2. The Labute approximate surface area is 194 Å². The van der Waals surface area contributed by atoms with E-state index >= 15 is 0 Å². The second kappa shape index (κ2) is 7.49. The first-order valence-corrected chi connectivity index (χ1v) is 10.8. The zero-order valence-corrected chi connectivity index (χ0v) is 18.5. The largest absolute Gasteiger partial charge is 0.452 e. The van der Waals surface area contributed by atoms with Crippen LogP contribution in [0.3, 0.4) is 0 Å². The van der Waals surface area contributed by atoms with Crippen LogP contribution in [-0.2, 0) is 7.05 Å². The van der Waals surface area contributed by atoms with Crippen molar-refractivity contribution < 1.29 is 23.5 Å².